The molecule has 112 valence electrons. The van der Waals surface area contributed by atoms with Gasteiger partial charge in [-0.25, -0.2) is 0 Å². The van der Waals surface area contributed by atoms with E-state index in [2.05, 4.69) is 55.0 Å². The molecule has 2 unspecified atom stereocenters. The predicted octanol–water partition coefficient (Wildman–Crippen LogP) is 1.96. The number of nitrogens with zero attached hydrogens (tertiary/aromatic N) is 2. The van der Waals surface area contributed by atoms with Gasteiger partial charge in [0.15, 0.2) is 0 Å². The molecule has 2 atom stereocenters. The summed E-state index contributed by atoms with van der Waals surface area (Å²) in [5.41, 5.74) is 1.05. The molecule has 1 heterocycles. The van der Waals surface area contributed by atoms with Gasteiger partial charge in [0.05, 0.1) is 6.61 Å². The van der Waals surface area contributed by atoms with Crippen LogP contribution in [0, 0.1) is 0 Å². The van der Waals surface area contributed by atoms with Crippen LogP contribution in [0.3, 0.4) is 0 Å². The Labute approximate surface area is 123 Å². The molecule has 1 aromatic carbocycles. The fourth-order valence-electron chi connectivity index (χ4n) is 3.18. The Morgan fingerprint density at radius 1 is 1.25 bits per heavy atom. The maximum atomic E-state index is 9.94. The highest BCUT2D eigenvalue weighted by Crippen LogP contribution is 2.26. The van der Waals surface area contributed by atoms with Crippen molar-refractivity contribution in [2.75, 3.05) is 39.8 Å². The highest BCUT2D eigenvalue weighted by atomic mass is 16.3. The minimum atomic E-state index is -0.182. The first-order valence-corrected chi connectivity index (χ1v) is 7.64. The van der Waals surface area contributed by atoms with Crippen LogP contribution in [-0.2, 0) is 5.41 Å². The van der Waals surface area contributed by atoms with Crippen LogP contribution in [0.5, 0.6) is 0 Å². The fraction of sp³-hybridized carbons (Fsp3) is 0.647. The van der Waals surface area contributed by atoms with Crippen molar-refractivity contribution in [3.8, 4) is 0 Å². The lowest BCUT2D eigenvalue weighted by Gasteiger charge is -2.37. The predicted molar refractivity (Wildman–Crippen MR) is 84.0 cm³/mol. The quantitative estimate of drug-likeness (QED) is 0.911. The monoisotopic (exact) mass is 276 g/mol. The molecule has 1 fully saturated rings. The molecule has 0 radical (unpaired) electrons. The zero-order valence-corrected chi connectivity index (χ0v) is 13.0. The van der Waals surface area contributed by atoms with Crippen LogP contribution >= 0.6 is 0 Å². The van der Waals surface area contributed by atoms with Crippen LogP contribution in [0.25, 0.3) is 0 Å². The molecule has 2 rings (SSSR count). The van der Waals surface area contributed by atoms with Crippen molar-refractivity contribution in [1.82, 2.24) is 9.80 Å². The molecule has 1 aliphatic rings. The van der Waals surface area contributed by atoms with Crippen molar-refractivity contribution < 1.29 is 5.11 Å². The summed E-state index contributed by atoms with van der Waals surface area (Å²) < 4.78 is 0. The van der Waals surface area contributed by atoms with Gasteiger partial charge in [-0.1, -0.05) is 37.3 Å². The molecule has 0 spiro atoms. The average molecular weight is 276 g/mol. The number of likely N-dealkylation sites (N-methyl/N-ethyl adjacent to an activating group) is 1. The minimum Gasteiger partial charge on any atom is -0.395 e. The Bertz CT molecular complexity index is 409. The van der Waals surface area contributed by atoms with Gasteiger partial charge >= 0.3 is 0 Å². The maximum absolute atomic E-state index is 9.94. The van der Waals surface area contributed by atoms with Gasteiger partial charge in [0.25, 0.3) is 0 Å². The molecule has 0 amide bonds. The second kappa shape index (κ2) is 6.70. The normalized spacial score (nSPS) is 25.1. The molecule has 0 saturated carbocycles. The van der Waals surface area contributed by atoms with Crippen molar-refractivity contribution in [3.05, 3.63) is 35.9 Å². The van der Waals surface area contributed by atoms with E-state index < -0.39 is 0 Å². The van der Waals surface area contributed by atoms with Gasteiger partial charge in [-0.15, -0.1) is 0 Å². The Kier molecular flexibility index (Phi) is 5.19. The lowest BCUT2D eigenvalue weighted by Crippen LogP contribution is -2.47. The molecule has 0 aromatic heterocycles. The van der Waals surface area contributed by atoms with Crippen molar-refractivity contribution in [1.29, 1.82) is 0 Å². The molecule has 1 aromatic rings. The summed E-state index contributed by atoms with van der Waals surface area (Å²) >= 11 is 0. The van der Waals surface area contributed by atoms with Crippen molar-refractivity contribution >= 4 is 0 Å². The van der Waals surface area contributed by atoms with E-state index in [9.17, 15) is 5.11 Å². The first-order valence-electron chi connectivity index (χ1n) is 7.64. The third-order valence-electron chi connectivity index (χ3n) is 4.56. The number of hydrogen-bond acceptors (Lipinski definition) is 3. The van der Waals surface area contributed by atoms with Gasteiger partial charge in [0.1, 0.15) is 0 Å². The van der Waals surface area contributed by atoms with E-state index in [0.29, 0.717) is 6.04 Å². The van der Waals surface area contributed by atoms with E-state index in [1.165, 1.54) is 18.5 Å². The van der Waals surface area contributed by atoms with Gasteiger partial charge in [-0.05, 0) is 39.0 Å². The Morgan fingerprint density at radius 3 is 2.60 bits per heavy atom. The first-order chi connectivity index (χ1) is 9.55. The van der Waals surface area contributed by atoms with E-state index in [-0.39, 0.29) is 12.0 Å². The second-order valence-corrected chi connectivity index (χ2v) is 6.52. The van der Waals surface area contributed by atoms with Crippen molar-refractivity contribution in [2.24, 2.45) is 0 Å². The van der Waals surface area contributed by atoms with Crippen LogP contribution in [0.4, 0.5) is 0 Å². The van der Waals surface area contributed by atoms with E-state index in [1.54, 1.807) is 0 Å². The molecule has 0 bridgehead atoms. The summed E-state index contributed by atoms with van der Waals surface area (Å²) in [7, 11) is 2.20. The van der Waals surface area contributed by atoms with E-state index in [0.717, 1.165) is 19.6 Å². The van der Waals surface area contributed by atoms with E-state index >= 15 is 0 Å². The average Bonchev–Trinajstić information content (AvgIpc) is 2.61. The molecule has 3 heteroatoms. The van der Waals surface area contributed by atoms with E-state index in [4.69, 9.17) is 0 Å². The minimum absolute atomic E-state index is 0.182. The zero-order chi connectivity index (χ0) is 14.6. The van der Waals surface area contributed by atoms with Crippen LogP contribution in [0.1, 0.15) is 25.8 Å². The lowest BCUT2D eigenvalue weighted by molar-refractivity contribution is 0.119. The summed E-state index contributed by atoms with van der Waals surface area (Å²) in [6, 6.07) is 10.9. The topological polar surface area (TPSA) is 26.7 Å². The number of rotatable bonds is 4. The first kappa shape index (κ1) is 15.5. The highest BCUT2D eigenvalue weighted by Gasteiger charge is 2.31. The number of aliphatic hydroxyl groups excluding tert-OH is 1. The SMILES string of the molecule is CC1CN(C)CCCN1CC(C)(CO)c1ccccc1. The van der Waals surface area contributed by atoms with Crippen molar-refractivity contribution in [2.45, 2.75) is 31.7 Å². The molecule has 1 saturated heterocycles. The van der Waals surface area contributed by atoms with Crippen LogP contribution in [0.15, 0.2) is 30.3 Å². The highest BCUT2D eigenvalue weighted by molar-refractivity contribution is 5.25. The zero-order valence-electron chi connectivity index (χ0n) is 13.0. The summed E-state index contributed by atoms with van der Waals surface area (Å²) in [4.78, 5) is 4.94. The van der Waals surface area contributed by atoms with Gasteiger partial charge in [-0.2, -0.15) is 0 Å². The number of benzene rings is 1. The summed E-state index contributed by atoms with van der Waals surface area (Å²) in [5.74, 6) is 0. The van der Waals surface area contributed by atoms with Crippen LogP contribution in [0.2, 0.25) is 0 Å². The van der Waals surface area contributed by atoms with Gasteiger partial charge < -0.3 is 10.0 Å². The Balaban J connectivity index is 2.13. The molecule has 3 nitrogen and oxygen atoms in total. The van der Waals surface area contributed by atoms with Gasteiger partial charge in [0.2, 0.25) is 0 Å². The second-order valence-electron chi connectivity index (χ2n) is 6.52. The molecular weight excluding hydrogens is 248 g/mol. The Morgan fingerprint density at radius 2 is 1.95 bits per heavy atom. The van der Waals surface area contributed by atoms with Gasteiger partial charge in [0, 0.05) is 24.5 Å². The van der Waals surface area contributed by atoms with Gasteiger partial charge in [-0.3, -0.25) is 4.90 Å². The number of aliphatic hydroxyl groups is 1. The molecule has 1 aliphatic heterocycles. The van der Waals surface area contributed by atoms with E-state index in [1.807, 2.05) is 6.07 Å². The Hall–Kier alpha value is -0.900. The third-order valence-corrected chi connectivity index (χ3v) is 4.56. The van der Waals surface area contributed by atoms with Crippen LogP contribution < -0.4 is 0 Å². The lowest BCUT2D eigenvalue weighted by atomic mass is 9.82. The summed E-state index contributed by atoms with van der Waals surface area (Å²) in [5, 5.41) is 9.94. The fourth-order valence-corrected chi connectivity index (χ4v) is 3.18. The largest absolute Gasteiger partial charge is 0.395 e. The standard InChI is InChI=1S/C17H28N2O/c1-15-12-18(3)10-7-11-19(15)13-17(2,14-20)16-8-5-4-6-9-16/h4-6,8-9,15,20H,7,10-14H2,1-3H3. The van der Waals surface area contributed by atoms with Crippen LogP contribution in [-0.4, -0.2) is 60.8 Å². The summed E-state index contributed by atoms with van der Waals surface area (Å²) in [6.45, 7) is 8.97. The molecule has 0 aliphatic carbocycles. The van der Waals surface area contributed by atoms with Crippen molar-refractivity contribution in [3.63, 3.8) is 0 Å². The third kappa shape index (κ3) is 3.60. The summed E-state index contributed by atoms with van der Waals surface area (Å²) in [6.07, 6.45) is 1.21. The number of hydrogen-bond donors (Lipinski definition) is 1. The smallest absolute Gasteiger partial charge is 0.0537 e. The molecule has 1 N–H and O–H groups in total. The maximum Gasteiger partial charge on any atom is 0.0537 e. The molecule has 20 heavy (non-hydrogen) atoms. The molecular formula is C17H28N2O.